The van der Waals surface area contributed by atoms with Gasteiger partial charge in [0.25, 0.3) is 5.56 Å². The summed E-state index contributed by atoms with van der Waals surface area (Å²) in [4.78, 5) is 11.7. The van der Waals surface area contributed by atoms with E-state index in [1.54, 1.807) is 23.1 Å². The summed E-state index contributed by atoms with van der Waals surface area (Å²) in [7, 11) is 0. The molecule has 0 bridgehead atoms. The summed E-state index contributed by atoms with van der Waals surface area (Å²) in [6.07, 6.45) is 3.44. The number of nitrogens with zero attached hydrogens (tertiary/aromatic N) is 1. The normalized spacial score (nSPS) is 12.6. The molecular weight excluding hydrogens is 296 g/mol. The first kappa shape index (κ1) is 13.1. The van der Waals surface area contributed by atoms with Crippen LogP contribution >= 0.6 is 15.9 Å². The second-order valence-corrected chi connectivity index (χ2v) is 4.90. The van der Waals surface area contributed by atoms with Crippen LogP contribution in [0, 0.1) is 0 Å². The van der Waals surface area contributed by atoms with Crippen LogP contribution in [0.5, 0.6) is 0 Å². The Morgan fingerprint density at radius 3 is 3.00 bits per heavy atom. The number of hydrogen-bond acceptors (Lipinski definition) is 3. The summed E-state index contributed by atoms with van der Waals surface area (Å²) < 4.78 is 7.56. The van der Waals surface area contributed by atoms with E-state index in [1.807, 2.05) is 25.1 Å². The highest BCUT2D eigenvalue weighted by molar-refractivity contribution is 9.10. The number of aromatic nitrogens is 1. The summed E-state index contributed by atoms with van der Waals surface area (Å²) in [5.41, 5.74) is -0.00930. The molecule has 0 saturated carbocycles. The van der Waals surface area contributed by atoms with Crippen molar-refractivity contribution in [2.75, 3.05) is 6.54 Å². The van der Waals surface area contributed by atoms with Gasteiger partial charge < -0.3 is 14.3 Å². The monoisotopic (exact) mass is 310 g/mol. The van der Waals surface area contributed by atoms with Crippen LogP contribution < -0.4 is 10.9 Å². The Balaban J connectivity index is 1.89. The van der Waals surface area contributed by atoms with Gasteiger partial charge in [0.1, 0.15) is 5.76 Å². The maximum atomic E-state index is 11.7. The summed E-state index contributed by atoms with van der Waals surface area (Å²) >= 11 is 3.23. The molecule has 0 amide bonds. The van der Waals surface area contributed by atoms with Crippen molar-refractivity contribution in [3.05, 3.63) is 57.3 Å². The van der Waals surface area contributed by atoms with Crippen molar-refractivity contribution in [1.29, 1.82) is 0 Å². The molecule has 1 atom stereocenters. The molecule has 0 saturated heterocycles. The van der Waals surface area contributed by atoms with Gasteiger partial charge in [-0.05, 0) is 47.1 Å². The first-order chi connectivity index (χ1) is 8.68. The third-order valence-electron chi connectivity index (χ3n) is 2.75. The fourth-order valence-corrected chi connectivity index (χ4v) is 2.10. The van der Waals surface area contributed by atoms with Gasteiger partial charge in [-0.1, -0.05) is 0 Å². The zero-order valence-corrected chi connectivity index (χ0v) is 11.7. The fourth-order valence-electron chi connectivity index (χ4n) is 1.72. The van der Waals surface area contributed by atoms with Crippen LogP contribution in [0.1, 0.15) is 18.7 Å². The van der Waals surface area contributed by atoms with E-state index in [9.17, 15) is 4.79 Å². The Morgan fingerprint density at radius 2 is 2.28 bits per heavy atom. The lowest BCUT2D eigenvalue weighted by atomic mass is 10.2. The maximum absolute atomic E-state index is 11.7. The molecule has 0 aliphatic rings. The summed E-state index contributed by atoms with van der Waals surface area (Å²) in [6, 6.07) is 7.54. The van der Waals surface area contributed by atoms with E-state index in [0.29, 0.717) is 17.6 Å². The Morgan fingerprint density at radius 1 is 1.44 bits per heavy atom. The van der Waals surface area contributed by atoms with Crippen LogP contribution in [0.25, 0.3) is 0 Å². The molecule has 1 N–H and O–H groups in total. The number of hydrogen-bond donors (Lipinski definition) is 1. The minimum atomic E-state index is -0.00930. The van der Waals surface area contributed by atoms with Crippen LogP contribution in [0.3, 0.4) is 0 Å². The Hall–Kier alpha value is -1.33. The van der Waals surface area contributed by atoms with Gasteiger partial charge >= 0.3 is 0 Å². The molecule has 0 spiro atoms. The summed E-state index contributed by atoms with van der Waals surface area (Å²) in [5.74, 6) is 0.900. The SMILES string of the molecule is CC(NCCn1cccc(Br)c1=O)c1ccco1. The van der Waals surface area contributed by atoms with Gasteiger partial charge in [-0.2, -0.15) is 0 Å². The third kappa shape index (κ3) is 3.11. The van der Waals surface area contributed by atoms with E-state index in [0.717, 1.165) is 5.76 Å². The molecule has 0 aromatic carbocycles. The molecule has 18 heavy (non-hydrogen) atoms. The smallest absolute Gasteiger partial charge is 0.264 e. The van der Waals surface area contributed by atoms with Crippen molar-refractivity contribution in [1.82, 2.24) is 9.88 Å². The Bertz CT molecular complexity index is 548. The predicted octanol–water partition coefficient (Wildman–Crippen LogP) is 2.55. The van der Waals surface area contributed by atoms with Crippen molar-refractivity contribution in [3.63, 3.8) is 0 Å². The maximum Gasteiger partial charge on any atom is 0.264 e. The molecule has 0 aliphatic heterocycles. The quantitative estimate of drug-likeness (QED) is 0.923. The van der Waals surface area contributed by atoms with E-state index >= 15 is 0 Å². The van der Waals surface area contributed by atoms with Crippen LogP contribution in [0.15, 0.2) is 50.4 Å². The van der Waals surface area contributed by atoms with Gasteiger partial charge in [-0.3, -0.25) is 4.79 Å². The number of nitrogens with one attached hydrogen (secondary N) is 1. The minimum Gasteiger partial charge on any atom is -0.468 e. The average Bonchev–Trinajstić information content (AvgIpc) is 2.88. The van der Waals surface area contributed by atoms with Crippen molar-refractivity contribution in [2.24, 2.45) is 0 Å². The van der Waals surface area contributed by atoms with Crippen molar-refractivity contribution in [2.45, 2.75) is 19.5 Å². The van der Waals surface area contributed by atoms with E-state index in [-0.39, 0.29) is 11.6 Å². The first-order valence-electron chi connectivity index (χ1n) is 5.80. The van der Waals surface area contributed by atoms with Crippen molar-refractivity contribution in [3.8, 4) is 0 Å². The van der Waals surface area contributed by atoms with Gasteiger partial charge in [-0.15, -0.1) is 0 Å². The van der Waals surface area contributed by atoms with E-state index in [1.165, 1.54) is 0 Å². The number of rotatable bonds is 5. The van der Waals surface area contributed by atoms with Crippen molar-refractivity contribution >= 4 is 15.9 Å². The predicted molar refractivity (Wildman–Crippen MR) is 73.5 cm³/mol. The van der Waals surface area contributed by atoms with Gasteiger partial charge in [0.05, 0.1) is 16.8 Å². The standard InChI is InChI=1S/C13H15BrN2O2/c1-10(12-5-3-9-18-12)15-6-8-16-7-2-4-11(14)13(16)17/h2-5,7,9-10,15H,6,8H2,1H3. The highest BCUT2D eigenvalue weighted by Crippen LogP contribution is 2.11. The number of furan rings is 1. The highest BCUT2D eigenvalue weighted by atomic mass is 79.9. The van der Waals surface area contributed by atoms with Crippen LogP contribution in [0.4, 0.5) is 0 Å². The van der Waals surface area contributed by atoms with Gasteiger partial charge in [0.15, 0.2) is 0 Å². The van der Waals surface area contributed by atoms with Gasteiger partial charge in [-0.25, -0.2) is 0 Å². The molecule has 5 heteroatoms. The van der Waals surface area contributed by atoms with Crippen LogP contribution in [-0.2, 0) is 6.54 Å². The molecule has 2 heterocycles. The van der Waals surface area contributed by atoms with E-state index < -0.39 is 0 Å². The lowest BCUT2D eigenvalue weighted by Crippen LogP contribution is -2.28. The zero-order chi connectivity index (χ0) is 13.0. The molecular formula is C13H15BrN2O2. The van der Waals surface area contributed by atoms with Crippen molar-refractivity contribution < 1.29 is 4.42 Å². The molecule has 1 unspecified atom stereocenters. The minimum absolute atomic E-state index is 0.00930. The fraction of sp³-hybridized carbons (Fsp3) is 0.308. The largest absolute Gasteiger partial charge is 0.468 e. The second kappa shape index (κ2) is 6.02. The Labute approximate surface area is 114 Å². The second-order valence-electron chi connectivity index (χ2n) is 4.05. The topological polar surface area (TPSA) is 47.2 Å². The lowest BCUT2D eigenvalue weighted by molar-refractivity contribution is 0.422. The molecule has 96 valence electrons. The third-order valence-corrected chi connectivity index (χ3v) is 3.35. The first-order valence-corrected chi connectivity index (χ1v) is 6.59. The molecule has 4 nitrogen and oxygen atoms in total. The average molecular weight is 311 g/mol. The van der Waals surface area contributed by atoms with Crippen LogP contribution in [-0.4, -0.2) is 11.1 Å². The molecule has 2 aromatic rings. The number of halogens is 1. The van der Waals surface area contributed by atoms with E-state index in [2.05, 4.69) is 21.2 Å². The zero-order valence-electron chi connectivity index (χ0n) is 10.1. The highest BCUT2D eigenvalue weighted by Gasteiger charge is 2.07. The Kier molecular flexibility index (Phi) is 4.38. The van der Waals surface area contributed by atoms with Gasteiger partial charge in [0, 0.05) is 19.3 Å². The van der Waals surface area contributed by atoms with Gasteiger partial charge in [0.2, 0.25) is 0 Å². The van der Waals surface area contributed by atoms with E-state index in [4.69, 9.17) is 4.42 Å². The summed E-state index contributed by atoms with van der Waals surface area (Å²) in [6.45, 7) is 3.37. The molecule has 2 aromatic heterocycles. The number of pyridine rings is 1. The molecule has 0 aliphatic carbocycles. The molecule has 0 fully saturated rings. The van der Waals surface area contributed by atoms with Crippen LogP contribution in [0.2, 0.25) is 0 Å². The molecule has 0 radical (unpaired) electrons. The summed E-state index contributed by atoms with van der Waals surface area (Å²) in [5, 5.41) is 3.31. The molecule has 2 rings (SSSR count). The lowest BCUT2D eigenvalue weighted by Gasteiger charge is -2.12.